The zero-order valence-corrected chi connectivity index (χ0v) is 17.2. The van der Waals surface area contributed by atoms with Crippen molar-refractivity contribution >= 4 is 21.9 Å². The summed E-state index contributed by atoms with van der Waals surface area (Å²) in [6.45, 7) is 2.32. The quantitative estimate of drug-likeness (QED) is 0.684. The lowest BCUT2D eigenvalue weighted by Gasteiger charge is -2.24. The van der Waals surface area contributed by atoms with E-state index in [-0.39, 0.29) is 17.4 Å². The lowest BCUT2D eigenvalue weighted by atomic mass is 10.1. The summed E-state index contributed by atoms with van der Waals surface area (Å²) < 4.78 is 37.0. The molecule has 0 aromatic heterocycles. The van der Waals surface area contributed by atoms with Gasteiger partial charge in [0.15, 0.2) is 6.61 Å². The number of likely N-dealkylation sites (tertiary alicyclic amines) is 1. The number of ether oxygens (including phenoxy) is 2. The molecule has 1 amide bonds. The first-order chi connectivity index (χ1) is 13.3. The minimum atomic E-state index is -3.90. The van der Waals surface area contributed by atoms with Crippen LogP contribution >= 0.6 is 0 Å². The van der Waals surface area contributed by atoms with Crippen LogP contribution in [0.15, 0.2) is 29.2 Å². The van der Waals surface area contributed by atoms with Crippen molar-refractivity contribution in [3.63, 3.8) is 0 Å². The molecule has 0 bridgehead atoms. The number of nitrogens with one attached hydrogen (secondary N) is 1. The summed E-state index contributed by atoms with van der Waals surface area (Å²) >= 11 is 0. The maximum absolute atomic E-state index is 12.4. The number of hydrogen-bond acceptors (Lipinski definition) is 6. The molecule has 1 aromatic rings. The lowest BCUT2D eigenvalue weighted by molar-refractivity contribution is -0.153. The third-order valence-electron chi connectivity index (χ3n) is 4.60. The third kappa shape index (κ3) is 6.49. The van der Waals surface area contributed by atoms with E-state index in [1.165, 1.54) is 44.7 Å². The van der Waals surface area contributed by atoms with Gasteiger partial charge in [0.25, 0.3) is 5.91 Å². The highest BCUT2D eigenvalue weighted by molar-refractivity contribution is 7.89. The molecule has 0 radical (unpaired) electrons. The van der Waals surface area contributed by atoms with Crippen molar-refractivity contribution < 1.29 is 27.5 Å². The van der Waals surface area contributed by atoms with Gasteiger partial charge in [0.1, 0.15) is 11.8 Å². The summed E-state index contributed by atoms with van der Waals surface area (Å²) in [6, 6.07) is 4.67. The Kier molecular flexibility index (Phi) is 8.25. The van der Waals surface area contributed by atoms with E-state index in [1.54, 1.807) is 4.90 Å². The molecule has 1 aliphatic heterocycles. The van der Waals surface area contributed by atoms with E-state index in [1.807, 2.05) is 0 Å². The van der Waals surface area contributed by atoms with Gasteiger partial charge in [-0.2, -0.15) is 4.72 Å². The molecule has 0 unspecified atom stereocenters. The molecule has 28 heavy (non-hydrogen) atoms. The molecular weight excluding hydrogens is 384 g/mol. The maximum Gasteiger partial charge on any atom is 0.324 e. The highest BCUT2D eigenvalue weighted by atomic mass is 32.2. The van der Waals surface area contributed by atoms with Gasteiger partial charge >= 0.3 is 5.97 Å². The summed E-state index contributed by atoms with van der Waals surface area (Å²) in [5.41, 5.74) is 0. The molecule has 1 aliphatic rings. The van der Waals surface area contributed by atoms with Gasteiger partial charge in [-0.25, -0.2) is 8.42 Å². The molecule has 0 aliphatic carbocycles. The minimum Gasteiger partial charge on any atom is -0.497 e. The Labute approximate surface area is 166 Å². The number of hydrogen-bond donors (Lipinski definition) is 1. The van der Waals surface area contributed by atoms with Crippen LogP contribution in [0, 0.1) is 0 Å². The lowest BCUT2D eigenvalue weighted by Crippen LogP contribution is -2.42. The van der Waals surface area contributed by atoms with E-state index in [9.17, 15) is 18.0 Å². The molecule has 1 saturated heterocycles. The highest BCUT2D eigenvalue weighted by Gasteiger charge is 2.24. The monoisotopic (exact) mass is 412 g/mol. The van der Waals surface area contributed by atoms with Crippen molar-refractivity contribution in [1.82, 2.24) is 9.62 Å². The van der Waals surface area contributed by atoms with Crippen molar-refractivity contribution in [1.29, 1.82) is 0 Å². The zero-order chi connectivity index (χ0) is 20.6. The Morgan fingerprint density at radius 1 is 1.07 bits per heavy atom. The number of amides is 1. The Morgan fingerprint density at radius 2 is 1.64 bits per heavy atom. The van der Waals surface area contributed by atoms with Crippen LogP contribution in [0.1, 0.15) is 39.0 Å². The highest BCUT2D eigenvalue weighted by Crippen LogP contribution is 2.16. The number of carbonyl (C=O) groups is 2. The van der Waals surface area contributed by atoms with Gasteiger partial charge < -0.3 is 14.4 Å². The first-order valence-corrected chi connectivity index (χ1v) is 10.9. The van der Waals surface area contributed by atoms with Gasteiger partial charge in [-0.1, -0.05) is 19.3 Å². The average Bonchev–Trinajstić information content (AvgIpc) is 2.65. The van der Waals surface area contributed by atoms with Crippen molar-refractivity contribution in [2.45, 2.75) is 50.0 Å². The third-order valence-corrected chi connectivity index (χ3v) is 6.16. The van der Waals surface area contributed by atoms with Crippen molar-refractivity contribution in [3.05, 3.63) is 24.3 Å². The number of rotatable bonds is 7. The predicted molar refractivity (Wildman–Crippen MR) is 103 cm³/mol. The molecular formula is C19H28N2O6S. The van der Waals surface area contributed by atoms with Crippen molar-refractivity contribution in [2.75, 3.05) is 26.8 Å². The van der Waals surface area contributed by atoms with Gasteiger partial charge in [0.2, 0.25) is 10.0 Å². The van der Waals surface area contributed by atoms with Crippen LogP contribution in [0.3, 0.4) is 0 Å². The van der Waals surface area contributed by atoms with Crippen LogP contribution in [-0.2, 0) is 24.3 Å². The standard InChI is InChI=1S/C19H28N2O6S/c1-15(20-28(24,25)17-10-8-16(26-2)9-11-17)19(23)27-14-18(22)21-12-6-4-3-5-7-13-21/h8-11,15,20H,3-7,12-14H2,1-2H3/t15-/m0/s1. The predicted octanol–water partition coefficient (Wildman–Crippen LogP) is 1.70. The van der Waals surface area contributed by atoms with Gasteiger partial charge in [0.05, 0.1) is 12.0 Å². The van der Waals surface area contributed by atoms with E-state index in [4.69, 9.17) is 9.47 Å². The molecule has 1 N–H and O–H groups in total. The fourth-order valence-electron chi connectivity index (χ4n) is 2.95. The number of carbonyl (C=O) groups excluding carboxylic acids is 2. The van der Waals surface area contributed by atoms with Crippen LogP contribution in [0.5, 0.6) is 5.75 Å². The Hall–Kier alpha value is -2.13. The Morgan fingerprint density at radius 3 is 2.21 bits per heavy atom. The molecule has 9 heteroatoms. The second-order valence-corrected chi connectivity index (χ2v) is 8.49. The molecule has 2 rings (SSSR count). The van der Waals surface area contributed by atoms with Gasteiger partial charge in [-0.3, -0.25) is 9.59 Å². The van der Waals surface area contributed by atoms with Gasteiger partial charge in [-0.05, 0) is 44.0 Å². The number of sulfonamides is 1. The summed E-state index contributed by atoms with van der Waals surface area (Å²) in [4.78, 5) is 26.1. The normalized spacial score (nSPS) is 16.6. The van der Waals surface area contributed by atoms with Crippen LogP contribution in [0.2, 0.25) is 0 Å². The van der Waals surface area contributed by atoms with E-state index in [0.29, 0.717) is 18.8 Å². The minimum absolute atomic E-state index is 0.00431. The maximum atomic E-state index is 12.4. The van der Waals surface area contributed by atoms with E-state index >= 15 is 0 Å². The summed E-state index contributed by atoms with van der Waals surface area (Å²) in [6.07, 6.45) is 5.25. The smallest absolute Gasteiger partial charge is 0.324 e. The Bertz CT molecular complexity index is 755. The molecule has 8 nitrogen and oxygen atoms in total. The molecule has 156 valence electrons. The topological polar surface area (TPSA) is 102 Å². The largest absolute Gasteiger partial charge is 0.497 e. The summed E-state index contributed by atoms with van der Waals surface area (Å²) in [5.74, 6) is -0.521. The molecule has 1 atom stereocenters. The first kappa shape index (κ1) is 22.2. The van der Waals surface area contributed by atoms with Crippen LogP contribution in [0.4, 0.5) is 0 Å². The van der Waals surface area contributed by atoms with Crippen molar-refractivity contribution in [2.24, 2.45) is 0 Å². The van der Waals surface area contributed by atoms with Crippen LogP contribution in [-0.4, -0.2) is 58.0 Å². The summed E-state index contributed by atoms with van der Waals surface area (Å²) in [7, 11) is -2.42. The van der Waals surface area contributed by atoms with Gasteiger partial charge in [-0.15, -0.1) is 0 Å². The Balaban J connectivity index is 1.86. The molecule has 1 heterocycles. The van der Waals surface area contributed by atoms with Crippen molar-refractivity contribution in [3.8, 4) is 5.75 Å². The number of methoxy groups -OCH3 is 1. The SMILES string of the molecule is COc1ccc(S(=O)(=O)N[C@@H](C)C(=O)OCC(=O)N2CCCCCCC2)cc1. The molecule has 0 spiro atoms. The van der Waals surface area contributed by atoms with Gasteiger partial charge in [0, 0.05) is 13.1 Å². The van der Waals surface area contributed by atoms with E-state index < -0.39 is 22.0 Å². The second kappa shape index (κ2) is 10.4. The number of benzene rings is 1. The van der Waals surface area contributed by atoms with E-state index in [0.717, 1.165) is 25.7 Å². The van der Waals surface area contributed by atoms with Crippen LogP contribution in [0.25, 0.3) is 0 Å². The number of esters is 1. The average molecular weight is 413 g/mol. The zero-order valence-electron chi connectivity index (χ0n) is 16.3. The summed E-state index contributed by atoms with van der Waals surface area (Å²) in [5, 5.41) is 0. The fraction of sp³-hybridized carbons (Fsp3) is 0.579. The number of nitrogens with zero attached hydrogens (tertiary/aromatic N) is 1. The molecule has 0 saturated carbocycles. The molecule has 1 fully saturated rings. The first-order valence-electron chi connectivity index (χ1n) is 9.44. The van der Waals surface area contributed by atoms with Crippen LogP contribution < -0.4 is 9.46 Å². The second-order valence-electron chi connectivity index (χ2n) is 6.77. The molecule has 1 aromatic carbocycles. The van der Waals surface area contributed by atoms with E-state index in [2.05, 4.69) is 4.72 Å². The fourth-order valence-corrected chi connectivity index (χ4v) is 4.14.